The fourth-order valence-corrected chi connectivity index (χ4v) is 3.71. The molecule has 0 spiro atoms. The van der Waals surface area contributed by atoms with Crippen molar-refractivity contribution in [1.82, 2.24) is 13.7 Å². The average Bonchev–Trinajstić information content (AvgIpc) is 3.07. The molecule has 0 unspecified atom stereocenters. The number of rotatable bonds is 5. The van der Waals surface area contributed by atoms with Gasteiger partial charge in [-0.05, 0) is 49.2 Å². The molecule has 2 heterocycles. The van der Waals surface area contributed by atoms with Crippen LogP contribution in [-0.2, 0) is 24.8 Å². The second kappa shape index (κ2) is 8.10. The molecule has 4 aromatic rings. The molecule has 0 atom stereocenters. The molecular weight excluding hydrogens is 392 g/mol. The summed E-state index contributed by atoms with van der Waals surface area (Å²) in [5.74, 6) is -0.340. The lowest BCUT2D eigenvalue weighted by atomic mass is 10.1. The zero-order valence-corrected chi connectivity index (χ0v) is 17.8. The predicted octanol–water partition coefficient (Wildman–Crippen LogP) is 3.00. The highest BCUT2D eigenvalue weighted by atomic mass is 16.2. The van der Waals surface area contributed by atoms with Crippen LogP contribution in [0, 0.1) is 6.92 Å². The molecule has 0 fully saturated rings. The van der Waals surface area contributed by atoms with Crippen LogP contribution in [0.3, 0.4) is 0 Å². The Bertz CT molecular complexity index is 1380. The highest BCUT2D eigenvalue weighted by molar-refractivity contribution is 5.91. The van der Waals surface area contributed by atoms with Crippen LogP contribution in [-0.4, -0.2) is 19.6 Å². The van der Waals surface area contributed by atoms with Crippen LogP contribution >= 0.6 is 0 Å². The number of hydrogen-bond acceptors (Lipinski definition) is 3. The average molecular weight is 416 g/mol. The molecule has 31 heavy (non-hydrogen) atoms. The molecule has 158 valence electrons. The smallest absolute Gasteiger partial charge is 0.336 e. The molecule has 0 aliphatic rings. The van der Waals surface area contributed by atoms with Crippen molar-refractivity contribution in [2.75, 3.05) is 5.32 Å². The van der Waals surface area contributed by atoms with E-state index in [9.17, 15) is 14.4 Å². The number of carbonyl (C=O) groups is 1. The number of aryl methyl sites for hydroxylation is 3. The third-order valence-corrected chi connectivity index (χ3v) is 5.53. The van der Waals surface area contributed by atoms with E-state index in [1.165, 1.54) is 10.1 Å². The van der Waals surface area contributed by atoms with Crippen molar-refractivity contribution in [3.05, 3.63) is 92.8 Å². The maximum absolute atomic E-state index is 13.3. The number of hydrogen-bond donors (Lipinski definition) is 1. The normalized spacial score (nSPS) is 11.1. The molecule has 0 saturated carbocycles. The van der Waals surface area contributed by atoms with E-state index in [2.05, 4.69) is 12.2 Å². The largest absolute Gasteiger partial charge is 0.342 e. The summed E-state index contributed by atoms with van der Waals surface area (Å²) < 4.78 is 4.21. The van der Waals surface area contributed by atoms with Crippen LogP contribution in [0.5, 0.6) is 0 Å². The van der Waals surface area contributed by atoms with Crippen LogP contribution in [0.2, 0.25) is 0 Å². The molecule has 1 amide bonds. The first kappa shape index (κ1) is 20.4. The van der Waals surface area contributed by atoms with E-state index in [0.717, 1.165) is 16.7 Å². The summed E-state index contributed by atoms with van der Waals surface area (Å²) in [6.07, 6.45) is 0.913. The Kier molecular flexibility index (Phi) is 5.33. The summed E-state index contributed by atoms with van der Waals surface area (Å²) in [6, 6.07) is 18.1. The summed E-state index contributed by atoms with van der Waals surface area (Å²) in [4.78, 5) is 39.3. The number of carbonyl (C=O) groups excluding carboxylic acids is 1. The third kappa shape index (κ3) is 3.70. The Morgan fingerprint density at radius 2 is 1.68 bits per heavy atom. The second-order valence-corrected chi connectivity index (χ2v) is 7.52. The highest BCUT2D eigenvalue weighted by Gasteiger charge is 2.20. The number of nitrogens with zero attached hydrogens (tertiary/aromatic N) is 3. The molecule has 0 radical (unpaired) electrons. The van der Waals surface area contributed by atoms with Gasteiger partial charge in [-0.2, -0.15) is 0 Å². The van der Waals surface area contributed by atoms with Gasteiger partial charge in [0.1, 0.15) is 12.1 Å². The van der Waals surface area contributed by atoms with Gasteiger partial charge < -0.3 is 9.88 Å². The van der Waals surface area contributed by atoms with E-state index in [1.54, 1.807) is 41.9 Å². The molecular formula is C24H24N4O3. The Labute approximate surface area is 179 Å². The Morgan fingerprint density at radius 1 is 1.00 bits per heavy atom. The van der Waals surface area contributed by atoms with Gasteiger partial charge in [0, 0.05) is 18.4 Å². The van der Waals surface area contributed by atoms with Crippen molar-refractivity contribution in [3.63, 3.8) is 0 Å². The minimum Gasteiger partial charge on any atom is -0.342 e. The quantitative estimate of drug-likeness (QED) is 0.543. The van der Waals surface area contributed by atoms with Crippen LogP contribution in [0.4, 0.5) is 5.69 Å². The Balaban J connectivity index is 1.81. The monoisotopic (exact) mass is 416 g/mol. The molecule has 0 bridgehead atoms. The minimum atomic E-state index is -0.550. The van der Waals surface area contributed by atoms with E-state index in [0.29, 0.717) is 22.4 Å². The summed E-state index contributed by atoms with van der Waals surface area (Å²) in [6.45, 7) is 3.71. The molecule has 7 nitrogen and oxygen atoms in total. The zero-order chi connectivity index (χ0) is 22.1. The van der Waals surface area contributed by atoms with E-state index in [4.69, 9.17) is 0 Å². The second-order valence-electron chi connectivity index (χ2n) is 7.52. The van der Waals surface area contributed by atoms with Gasteiger partial charge in [0.05, 0.1) is 11.2 Å². The van der Waals surface area contributed by atoms with Gasteiger partial charge in [0.25, 0.3) is 5.56 Å². The van der Waals surface area contributed by atoms with Crippen molar-refractivity contribution in [3.8, 4) is 5.69 Å². The number of para-hydroxylation sites is 1. The summed E-state index contributed by atoms with van der Waals surface area (Å²) in [5.41, 5.74) is 2.97. The Hall–Kier alpha value is -3.87. The number of aromatic nitrogens is 3. The summed E-state index contributed by atoms with van der Waals surface area (Å²) >= 11 is 0. The maximum atomic E-state index is 13.3. The lowest BCUT2D eigenvalue weighted by Gasteiger charge is -2.13. The predicted molar refractivity (Wildman–Crippen MR) is 122 cm³/mol. The Morgan fingerprint density at radius 3 is 2.32 bits per heavy atom. The van der Waals surface area contributed by atoms with Gasteiger partial charge in [-0.15, -0.1) is 0 Å². The molecule has 0 aliphatic carbocycles. The van der Waals surface area contributed by atoms with Crippen LogP contribution < -0.4 is 16.6 Å². The minimum absolute atomic E-state index is 0.207. The van der Waals surface area contributed by atoms with E-state index in [-0.39, 0.29) is 12.5 Å². The van der Waals surface area contributed by atoms with Gasteiger partial charge in [-0.3, -0.25) is 14.2 Å². The van der Waals surface area contributed by atoms with Crippen molar-refractivity contribution < 1.29 is 4.79 Å². The van der Waals surface area contributed by atoms with Gasteiger partial charge in [-0.25, -0.2) is 9.36 Å². The van der Waals surface area contributed by atoms with Gasteiger partial charge in [0.2, 0.25) is 5.91 Å². The standard InChI is InChI=1S/C24H24N4O3/c1-4-17-10-12-18(13-11-17)25-21(29)15-27-20-14-16(2)26(3)22(20)23(30)28(24(27)31)19-8-6-5-7-9-19/h5-14H,4,15H2,1-3H3,(H,25,29). The lowest BCUT2D eigenvalue weighted by molar-refractivity contribution is -0.116. The number of nitrogens with one attached hydrogen (secondary N) is 1. The van der Waals surface area contributed by atoms with E-state index < -0.39 is 11.2 Å². The van der Waals surface area contributed by atoms with Crippen molar-refractivity contribution in [2.45, 2.75) is 26.8 Å². The molecule has 7 heteroatoms. The zero-order valence-electron chi connectivity index (χ0n) is 17.8. The fraction of sp³-hybridized carbons (Fsp3) is 0.208. The SMILES string of the molecule is CCc1ccc(NC(=O)Cn2c(=O)n(-c3ccccc3)c(=O)c3c2cc(C)n3C)cc1. The molecule has 0 saturated heterocycles. The van der Waals surface area contributed by atoms with Crippen molar-refractivity contribution >= 4 is 22.6 Å². The van der Waals surface area contributed by atoms with Gasteiger partial charge in [0.15, 0.2) is 0 Å². The third-order valence-electron chi connectivity index (χ3n) is 5.53. The molecule has 1 N–H and O–H groups in total. The van der Waals surface area contributed by atoms with E-state index >= 15 is 0 Å². The number of anilines is 1. The topological polar surface area (TPSA) is 78.0 Å². The van der Waals surface area contributed by atoms with Crippen LogP contribution in [0.1, 0.15) is 18.2 Å². The van der Waals surface area contributed by atoms with Crippen LogP contribution in [0.15, 0.2) is 70.3 Å². The fourth-order valence-electron chi connectivity index (χ4n) is 3.71. The van der Waals surface area contributed by atoms with Crippen molar-refractivity contribution in [1.29, 1.82) is 0 Å². The number of benzene rings is 2. The van der Waals surface area contributed by atoms with E-state index in [1.807, 2.05) is 37.3 Å². The van der Waals surface area contributed by atoms with Gasteiger partial charge >= 0.3 is 5.69 Å². The molecule has 2 aromatic carbocycles. The van der Waals surface area contributed by atoms with Crippen LogP contribution in [0.25, 0.3) is 16.7 Å². The number of fused-ring (bicyclic) bond motifs is 1. The van der Waals surface area contributed by atoms with Crippen molar-refractivity contribution in [2.24, 2.45) is 7.05 Å². The maximum Gasteiger partial charge on any atom is 0.336 e. The number of amides is 1. The first-order valence-corrected chi connectivity index (χ1v) is 10.2. The first-order chi connectivity index (χ1) is 14.9. The summed E-state index contributed by atoms with van der Waals surface area (Å²) in [5, 5.41) is 2.84. The summed E-state index contributed by atoms with van der Waals surface area (Å²) in [7, 11) is 1.78. The highest BCUT2D eigenvalue weighted by Crippen LogP contribution is 2.15. The lowest BCUT2D eigenvalue weighted by Crippen LogP contribution is -2.41. The molecule has 0 aliphatic heterocycles. The molecule has 2 aromatic heterocycles. The first-order valence-electron chi connectivity index (χ1n) is 10.2. The van der Waals surface area contributed by atoms with Gasteiger partial charge in [-0.1, -0.05) is 37.3 Å². The molecule has 4 rings (SSSR count).